The number of fused-ring (bicyclic) bond motifs is 2. The van der Waals surface area contributed by atoms with Gasteiger partial charge in [-0.05, 0) is 59.6 Å². The Balaban J connectivity index is 1.54. The van der Waals surface area contributed by atoms with Crippen molar-refractivity contribution in [2.24, 2.45) is 0 Å². The molecule has 0 saturated carbocycles. The third-order valence-corrected chi connectivity index (χ3v) is 6.54. The first-order chi connectivity index (χ1) is 16.1. The van der Waals surface area contributed by atoms with Gasteiger partial charge in [-0.3, -0.25) is 10.1 Å². The molecule has 7 heteroatoms. The molecule has 0 N–H and O–H groups in total. The van der Waals surface area contributed by atoms with Gasteiger partial charge in [0.25, 0.3) is 5.69 Å². The summed E-state index contributed by atoms with van der Waals surface area (Å²) in [6, 6.07) is 17.8. The summed E-state index contributed by atoms with van der Waals surface area (Å²) in [7, 11) is 0. The Morgan fingerprint density at radius 2 is 2.00 bits per heavy atom. The zero-order valence-electron chi connectivity index (χ0n) is 17.7. The van der Waals surface area contributed by atoms with Crippen LogP contribution in [0.25, 0.3) is 22.6 Å². The van der Waals surface area contributed by atoms with Crippen LogP contribution in [-0.4, -0.2) is 15.9 Å². The number of aromatic nitrogens is 1. The first-order valence-electron chi connectivity index (χ1n) is 10.7. The van der Waals surface area contributed by atoms with Crippen molar-refractivity contribution in [3.8, 4) is 0 Å². The highest BCUT2D eigenvalue weighted by Gasteiger charge is 2.26. The third kappa shape index (κ3) is 4.27. The molecule has 0 amide bonds. The molecule has 1 aliphatic carbocycles. The van der Waals surface area contributed by atoms with Crippen LogP contribution in [0.1, 0.15) is 44.9 Å². The van der Waals surface area contributed by atoms with Gasteiger partial charge in [-0.25, -0.2) is 9.78 Å². The molecule has 0 bridgehead atoms. The van der Waals surface area contributed by atoms with E-state index >= 15 is 0 Å². The fourth-order valence-corrected chi connectivity index (χ4v) is 4.92. The van der Waals surface area contributed by atoms with Gasteiger partial charge < -0.3 is 4.74 Å². The Kier molecular flexibility index (Phi) is 5.71. The van der Waals surface area contributed by atoms with Crippen LogP contribution >= 0.6 is 11.3 Å². The lowest BCUT2D eigenvalue weighted by molar-refractivity contribution is -0.384. The molecular weight excluding hydrogens is 436 g/mol. The maximum atomic E-state index is 13.3. The fraction of sp³-hybridized carbons (Fsp3) is 0.154. The molecule has 5 rings (SSSR count). The molecule has 0 saturated heterocycles. The number of esters is 1. The van der Waals surface area contributed by atoms with Gasteiger partial charge in [0.2, 0.25) is 0 Å². The molecule has 0 atom stereocenters. The molecule has 1 aliphatic rings. The second-order valence-electron chi connectivity index (χ2n) is 7.87. The maximum Gasteiger partial charge on any atom is 0.339 e. The standard InChI is InChI=1S/C26H20N2O4S/c29-26(32-16-17-6-3-8-19(14-17)28(30)31)24-21-10-1-2-12-23(21)27-25-18(7-4-11-22(24)25)15-20-9-5-13-33-20/h1-3,5-6,8-10,12-15H,4,7,11,16H2/b18-15+. The van der Waals surface area contributed by atoms with Gasteiger partial charge in [-0.2, -0.15) is 0 Å². The van der Waals surface area contributed by atoms with Crippen LogP contribution in [0, 0.1) is 10.1 Å². The van der Waals surface area contributed by atoms with Crippen LogP contribution in [0.15, 0.2) is 66.0 Å². The predicted molar refractivity (Wildman–Crippen MR) is 129 cm³/mol. The van der Waals surface area contributed by atoms with Crippen molar-refractivity contribution in [1.29, 1.82) is 0 Å². The Labute approximate surface area is 194 Å². The zero-order valence-corrected chi connectivity index (χ0v) is 18.5. The van der Waals surface area contributed by atoms with Gasteiger partial charge in [-0.1, -0.05) is 36.4 Å². The molecule has 2 aromatic heterocycles. The van der Waals surface area contributed by atoms with E-state index in [-0.39, 0.29) is 12.3 Å². The van der Waals surface area contributed by atoms with Crippen LogP contribution in [0.4, 0.5) is 5.69 Å². The zero-order chi connectivity index (χ0) is 22.8. The number of carbonyl (C=O) groups excluding carboxylic acids is 1. The number of non-ortho nitro benzene ring substituents is 1. The van der Waals surface area contributed by atoms with E-state index in [9.17, 15) is 14.9 Å². The van der Waals surface area contributed by atoms with Gasteiger partial charge in [0.15, 0.2) is 0 Å². The Morgan fingerprint density at radius 3 is 2.82 bits per heavy atom. The number of thiophene rings is 1. The van der Waals surface area contributed by atoms with Crippen LogP contribution in [0.3, 0.4) is 0 Å². The summed E-state index contributed by atoms with van der Waals surface area (Å²) in [5.41, 5.74) is 4.72. The molecule has 0 fully saturated rings. The third-order valence-electron chi connectivity index (χ3n) is 5.73. The summed E-state index contributed by atoms with van der Waals surface area (Å²) in [6.07, 6.45) is 4.73. The molecule has 4 aromatic rings. The summed E-state index contributed by atoms with van der Waals surface area (Å²) in [4.78, 5) is 30.0. The fourth-order valence-electron chi connectivity index (χ4n) is 4.23. The maximum absolute atomic E-state index is 13.3. The minimum atomic E-state index is -0.459. The lowest BCUT2D eigenvalue weighted by Crippen LogP contribution is -2.15. The van der Waals surface area contributed by atoms with Crippen molar-refractivity contribution < 1.29 is 14.5 Å². The van der Waals surface area contributed by atoms with Gasteiger partial charge in [-0.15, -0.1) is 11.3 Å². The first kappa shape index (κ1) is 21.0. The van der Waals surface area contributed by atoms with E-state index in [0.717, 1.165) is 51.9 Å². The monoisotopic (exact) mass is 456 g/mol. The molecule has 6 nitrogen and oxygen atoms in total. The highest BCUT2D eigenvalue weighted by molar-refractivity contribution is 7.10. The predicted octanol–water partition coefficient (Wildman–Crippen LogP) is 6.44. The lowest BCUT2D eigenvalue weighted by atomic mass is 9.86. The lowest BCUT2D eigenvalue weighted by Gasteiger charge is -2.22. The molecule has 164 valence electrons. The van der Waals surface area contributed by atoms with Crippen LogP contribution in [0.5, 0.6) is 0 Å². The number of nitro groups is 1. The van der Waals surface area contributed by atoms with Crippen molar-refractivity contribution in [2.45, 2.75) is 25.9 Å². The Bertz CT molecular complexity index is 1390. The average molecular weight is 457 g/mol. The van der Waals surface area contributed by atoms with E-state index in [2.05, 4.69) is 12.1 Å². The Hall–Kier alpha value is -3.84. The van der Waals surface area contributed by atoms with Crippen LogP contribution < -0.4 is 0 Å². The van der Waals surface area contributed by atoms with Gasteiger partial charge in [0, 0.05) is 22.4 Å². The molecule has 33 heavy (non-hydrogen) atoms. The number of hydrogen-bond donors (Lipinski definition) is 0. The van der Waals surface area contributed by atoms with Gasteiger partial charge in [0.1, 0.15) is 6.61 Å². The van der Waals surface area contributed by atoms with Crippen molar-refractivity contribution in [1.82, 2.24) is 4.98 Å². The number of ether oxygens (including phenoxy) is 1. The molecule has 0 spiro atoms. The van der Waals surface area contributed by atoms with Crippen molar-refractivity contribution >= 4 is 45.5 Å². The number of carbonyl (C=O) groups is 1. The second kappa shape index (κ2) is 8.96. The van der Waals surface area contributed by atoms with E-state index in [1.54, 1.807) is 23.5 Å². The Morgan fingerprint density at radius 1 is 1.12 bits per heavy atom. The number of nitro benzene ring substituents is 1. The minimum Gasteiger partial charge on any atom is -0.457 e. The van der Waals surface area contributed by atoms with E-state index in [1.165, 1.54) is 12.1 Å². The number of allylic oxidation sites excluding steroid dienone is 1. The normalized spacial score (nSPS) is 14.2. The van der Waals surface area contributed by atoms with Crippen molar-refractivity contribution in [2.75, 3.05) is 0 Å². The largest absolute Gasteiger partial charge is 0.457 e. The summed E-state index contributed by atoms with van der Waals surface area (Å²) in [5.74, 6) is -0.436. The van der Waals surface area contributed by atoms with Crippen molar-refractivity contribution in [3.05, 3.63) is 103 Å². The highest BCUT2D eigenvalue weighted by atomic mass is 32.1. The molecule has 0 aliphatic heterocycles. The van der Waals surface area contributed by atoms with Gasteiger partial charge >= 0.3 is 5.97 Å². The quantitative estimate of drug-likeness (QED) is 0.196. The van der Waals surface area contributed by atoms with Crippen LogP contribution in [-0.2, 0) is 17.8 Å². The number of rotatable bonds is 5. The smallest absolute Gasteiger partial charge is 0.339 e. The summed E-state index contributed by atoms with van der Waals surface area (Å²) in [5, 5.41) is 13.9. The second-order valence-corrected chi connectivity index (χ2v) is 8.85. The number of nitrogens with zero attached hydrogens (tertiary/aromatic N) is 2. The summed E-state index contributed by atoms with van der Waals surface area (Å²) >= 11 is 1.67. The van der Waals surface area contributed by atoms with Gasteiger partial charge in [0.05, 0.1) is 21.7 Å². The average Bonchev–Trinajstić information content (AvgIpc) is 3.35. The number of pyridine rings is 1. The number of para-hydroxylation sites is 1. The SMILES string of the molecule is O=C(OCc1cccc([N+](=O)[O-])c1)c1c2c(nc3ccccc13)/C(=C/c1cccs1)CCC2. The van der Waals surface area contributed by atoms with E-state index in [4.69, 9.17) is 9.72 Å². The highest BCUT2D eigenvalue weighted by Crippen LogP contribution is 2.37. The van der Waals surface area contributed by atoms with E-state index < -0.39 is 10.9 Å². The molecular formula is C26H20N2O4S. The topological polar surface area (TPSA) is 82.3 Å². The number of benzene rings is 2. The molecule has 2 heterocycles. The van der Waals surface area contributed by atoms with E-state index in [1.807, 2.05) is 35.7 Å². The molecule has 0 radical (unpaired) electrons. The first-order valence-corrected chi connectivity index (χ1v) is 11.5. The number of hydrogen-bond acceptors (Lipinski definition) is 6. The summed E-state index contributed by atoms with van der Waals surface area (Å²) in [6.45, 7) is -0.0379. The van der Waals surface area contributed by atoms with Crippen molar-refractivity contribution in [3.63, 3.8) is 0 Å². The molecule has 2 aromatic carbocycles. The summed E-state index contributed by atoms with van der Waals surface area (Å²) < 4.78 is 5.66. The minimum absolute atomic E-state index is 0.0290. The molecule has 0 unspecified atom stereocenters. The van der Waals surface area contributed by atoms with E-state index in [0.29, 0.717) is 11.1 Å². The van der Waals surface area contributed by atoms with Crippen LogP contribution in [0.2, 0.25) is 0 Å².